The third-order valence-electron chi connectivity index (χ3n) is 4.14. The van der Waals surface area contributed by atoms with Crippen molar-refractivity contribution in [3.63, 3.8) is 0 Å². The molecule has 132 valence electrons. The topological polar surface area (TPSA) is 71.8 Å². The number of nitrogens with one attached hydrogen (secondary N) is 1. The Morgan fingerprint density at radius 2 is 2.08 bits per heavy atom. The molecule has 2 aromatic rings. The highest BCUT2D eigenvalue weighted by atomic mass is 16.5. The summed E-state index contributed by atoms with van der Waals surface area (Å²) in [5.41, 5.74) is 0. The van der Waals surface area contributed by atoms with E-state index in [1.54, 1.807) is 17.2 Å². The van der Waals surface area contributed by atoms with Crippen LogP contribution in [0.25, 0.3) is 0 Å². The van der Waals surface area contributed by atoms with Crippen molar-refractivity contribution >= 4 is 11.8 Å². The molecule has 0 bridgehead atoms. The van der Waals surface area contributed by atoms with Crippen molar-refractivity contribution in [2.45, 2.75) is 19.4 Å². The van der Waals surface area contributed by atoms with Gasteiger partial charge in [0.25, 0.3) is 0 Å². The van der Waals surface area contributed by atoms with Gasteiger partial charge in [-0.1, -0.05) is 18.2 Å². The second kappa shape index (κ2) is 8.37. The molecule has 1 fully saturated rings. The maximum atomic E-state index is 12.2. The summed E-state index contributed by atoms with van der Waals surface area (Å²) < 4.78 is 10.8. The lowest BCUT2D eigenvalue weighted by Crippen LogP contribution is -2.33. The average Bonchev–Trinajstić information content (AvgIpc) is 3.26. The Morgan fingerprint density at radius 1 is 1.24 bits per heavy atom. The summed E-state index contributed by atoms with van der Waals surface area (Å²) in [6.45, 7) is 1.93. The fourth-order valence-corrected chi connectivity index (χ4v) is 2.83. The maximum Gasteiger partial charge on any atom is 0.225 e. The van der Waals surface area contributed by atoms with E-state index in [1.807, 2.05) is 36.4 Å². The number of ether oxygens (including phenoxy) is 1. The number of rotatable bonds is 8. The first kappa shape index (κ1) is 17.1. The lowest BCUT2D eigenvalue weighted by Gasteiger charge is -2.15. The third-order valence-corrected chi connectivity index (χ3v) is 4.14. The molecule has 1 aromatic carbocycles. The highest BCUT2D eigenvalue weighted by molar-refractivity contribution is 5.89. The minimum absolute atomic E-state index is 0.0102. The van der Waals surface area contributed by atoms with Crippen LogP contribution in [0.1, 0.15) is 18.6 Å². The normalized spacial score (nSPS) is 16.9. The van der Waals surface area contributed by atoms with Gasteiger partial charge in [-0.25, -0.2) is 0 Å². The van der Waals surface area contributed by atoms with Gasteiger partial charge in [-0.3, -0.25) is 9.59 Å². The van der Waals surface area contributed by atoms with E-state index < -0.39 is 0 Å². The molecule has 1 aliphatic rings. The number of benzene rings is 1. The van der Waals surface area contributed by atoms with Gasteiger partial charge in [-0.05, 0) is 30.7 Å². The standard InChI is InChI=1S/C19H22N2O4/c22-18-12-15(13-21(18)14-17-8-4-10-25-17)19(23)20-9-5-11-24-16-6-2-1-3-7-16/h1-4,6-8,10,15H,5,9,11-14H2,(H,20,23)/t15-/m0/s1. The first-order valence-corrected chi connectivity index (χ1v) is 8.48. The largest absolute Gasteiger partial charge is 0.494 e. The van der Waals surface area contributed by atoms with E-state index in [0.29, 0.717) is 26.2 Å². The van der Waals surface area contributed by atoms with Gasteiger partial charge in [0, 0.05) is 19.5 Å². The molecule has 1 aliphatic heterocycles. The van der Waals surface area contributed by atoms with Crippen molar-refractivity contribution in [3.8, 4) is 5.75 Å². The fraction of sp³-hybridized carbons (Fsp3) is 0.368. The number of amides is 2. The van der Waals surface area contributed by atoms with Crippen molar-refractivity contribution in [2.24, 2.45) is 5.92 Å². The second-order valence-electron chi connectivity index (χ2n) is 6.06. The number of hydrogen-bond acceptors (Lipinski definition) is 4. The number of nitrogens with zero attached hydrogens (tertiary/aromatic N) is 1. The molecular formula is C19H22N2O4. The van der Waals surface area contributed by atoms with Crippen molar-refractivity contribution in [2.75, 3.05) is 19.7 Å². The molecule has 1 N–H and O–H groups in total. The third kappa shape index (κ3) is 4.86. The van der Waals surface area contributed by atoms with E-state index in [1.165, 1.54) is 0 Å². The summed E-state index contributed by atoms with van der Waals surface area (Å²) in [7, 11) is 0. The molecule has 0 unspecified atom stereocenters. The van der Waals surface area contributed by atoms with Crippen LogP contribution >= 0.6 is 0 Å². The molecule has 1 atom stereocenters. The Hall–Kier alpha value is -2.76. The summed E-state index contributed by atoms with van der Waals surface area (Å²) in [6, 6.07) is 13.2. The van der Waals surface area contributed by atoms with Gasteiger partial charge < -0.3 is 19.4 Å². The zero-order valence-electron chi connectivity index (χ0n) is 14.0. The fourth-order valence-electron chi connectivity index (χ4n) is 2.83. The van der Waals surface area contributed by atoms with E-state index in [2.05, 4.69) is 5.32 Å². The second-order valence-corrected chi connectivity index (χ2v) is 6.06. The molecular weight excluding hydrogens is 320 g/mol. The van der Waals surface area contributed by atoms with Crippen LogP contribution in [-0.2, 0) is 16.1 Å². The lowest BCUT2D eigenvalue weighted by atomic mass is 10.1. The number of para-hydroxylation sites is 1. The molecule has 0 radical (unpaired) electrons. The van der Waals surface area contributed by atoms with Gasteiger partial charge in [-0.15, -0.1) is 0 Å². The van der Waals surface area contributed by atoms with Crippen LogP contribution in [0.2, 0.25) is 0 Å². The van der Waals surface area contributed by atoms with Gasteiger partial charge in [0.2, 0.25) is 11.8 Å². The zero-order chi connectivity index (χ0) is 17.5. The van der Waals surface area contributed by atoms with Crippen molar-refractivity contribution in [1.82, 2.24) is 10.2 Å². The smallest absolute Gasteiger partial charge is 0.225 e. The molecule has 25 heavy (non-hydrogen) atoms. The van der Waals surface area contributed by atoms with Crippen LogP contribution in [0.3, 0.4) is 0 Å². The molecule has 1 saturated heterocycles. The molecule has 3 rings (SSSR count). The zero-order valence-corrected chi connectivity index (χ0v) is 14.0. The number of furan rings is 1. The van der Waals surface area contributed by atoms with Crippen molar-refractivity contribution in [1.29, 1.82) is 0 Å². The summed E-state index contributed by atoms with van der Waals surface area (Å²) >= 11 is 0. The van der Waals surface area contributed by atoms with Crippen molar-refractivity contribution < 1.29 is 18.7 Å². The maximum absolute atomic E-state index is 12.2. The number of likely N-dealkylation sites (tertiary alicyclic amines) is 1. The number of hydrogen-bond donors (Lipinski definition) is 1. The summed E-state index contributed by atoms with van der Waals surface area (Å²) in [4.78, 5) is 25.9. The summed E-state index contributed by atoms with van der Waals surface area (Å²) in [5, 5.41) is 2.89. The van der Waals surface area contributed by atoms with Crippen molar-refractivity contribution in [3.05, 3.63) is 54.5 Å². The Bertz CT molecular complexity index is 685. The minimum Gasteiger partial charge on any atom is -0.494 e. The van der Waals surface area contributed by atoms with Crippen LogP contribution in [0.4, 0.5) is 0 Å². The van der Waals surface area contributed by atoms with E-state index >= 15 is 0 Å². The molecule has 1 aromatic heterocycles. The molecule has 0 spiro atoms. The molecule has 6 heteroatoms. The first-order valence-electron chi connectivity index (χ1n) is 8.48. The van der Waals surface area contributed by atoms with E-state index in [-0.39, 0.29) is 24.2 Å². The first-order chi connectivity index (χ1) is 12.2. The van der Waals surface area contributed by atoms with Crippen LogP contribution in [0, 0.1) is 5.92 Å². The SMILES string of the molecule is O=C(NCCCOc1ccccc1)[C@H]1CC(=O)N(Cc2ccco2)C1. The predicted molar refractivity (Wildman–Crippen MR) is 91.8 cm³/mol. The molecule has 2 heterocycles. The van der Waals surface area contributed by atoms with Gasteiger partial charge in [0.1, 0.15) is 11.5 Å². The predicted octanol–water partition coefficient (Wildman–Crippen LogP) is 2.21. The molecule has 0 saturated carbocycles. The summed E-state index contributed by atoms with van der Waals surface area (Å²) in [6.07, 6.45) is 2.56. The quantitative estimate of drug-likeness (QED) is 0.747. The van der Waals surface area contributed by atoms with Gasteiger partial charge in [-0.2, -0.15) is 0 Å². The van der Waals surface area contributed by atoms with Gasteiger partial charge >= 0.3 is 0 Å². The van der Waals surface area contributed by atoms with Gasteiger partial charge in [0.15, 0.2) is 0 Å². The Kier molecular flexibility index (Phi) is 5.72. The highest BCUT2D eigenvalue weighted by Gasteiger charge is 2.34. The average molecular weight is 342 g/mol. The molecule has 2 amide bonds. The molecule has 0 aliphatic carbocycles. The van der Waals surface area contributed by atoms with E-state index in [4.69, 9.17) is 9.15 Å². The Labute approximate surface area is 146 Å². The summed E-state index contributed by atoms with van der Waals surface area (Å²) in [5.74, 6) is 1.17. The highest BCUT2D eigenvalue weighted by Crippen LogP contribution is 2.20. The van der Waals surface area contributed by atoms with Crippen LogP contribution in [-0.4, -0.2) is 36.4 Å². The number of carbonyl (C=O) groups is 2. The lowest BCUT2D eigenvalue weighted by molar-refractivity contribution is -0.129. The van der Waals surface area contributed by atoms with Gasteiger partial charge in [0.05, 0.1) is 25.3 Å². The Balaban J connectivity index is 1.35. The Morgan fingerprint density at radius 3 is 2.84 bits per heavy atom. The van der Waals surface area contributed by atoms with Crippen LogP contribution in [0.15, 0.2) is 53.1 Å². The minimum atomic E-state index is -0.294. The van der Waals surface area contributed by atoms with E-state index in [9.17, 15) is 9.59 Å². The number of carbonyl (C=O) groups excluding carboxylic acids is 2. The monoisotopic (exact) mass is 342 g/mol. The van der Waals surface area contributed by atoms with Crippen LogP contribution < -0.4 is 10.1 Å². The molecule has 6 nitrogen and oxygen atoms in total. The van der Waals surface area contributed by atoms with E-state index in [0.717, 1.165) is 17.9 Å². The van der Waals surface area contributed by atoms with Crippen LogP contribution in [0.5, 0.6) is 5.75 Å².